The Morgan fingerprint density at radius 1 is 1.09 bits per heavy atom. The van der Waals surface area contributed by atoms with Gasteiger partial charge in [-0.2, -0.15) is 0 Å². The second-order valence-electron chi connectivity index (χ2n) is 4.45. The first kappa shape index (κ1) is 14.1. The zero-order valence-corrected chi connectivity index (χ0v) is 11.8. The monoisotopic (exact) mass is 320 g/mol. The molecule has 1 aromatic heterocycles. The third kappa shape index (κ3) is 2.31. The molecule has 0 atom stereocenters. The fraction of sp³-hybridized carbons (Fsp3) is 0. The summed E-state index contributed by atoms with van der Waals surface area (Å²) in [5, 5.41) is 15.1. The van der Waals surface area contributed by atoms with Crippen LogP contribution in [0.15, 0.2) is 52.3 Å². The molecule has 0 amide bonds. The number of nitrogens with two attached hydrogens (primary N) is 1. The van der Waals surface area contributed by atoms with Gasteiger partial charge < -0.3 is 10.9 Å². The van der Waals surface area contributed by atoms with Crippen LogP contribution < -0.4 is 10.6 Å². The molecule has 0 aliphatic carbocycles. The van der Waals surface area contributed by atoms with Crippen LogP contribution in [0, 0.1) is 11.0 Å². The highest BCUT2D eigenvalue weighted by Crippen LogP contribution is 2.23. The predicted molar refractivity (Wildman–Crippen MR) is 74.8 cm³/mol. The minimum absolute atomic E-state index is 0.0302. The van der Waals surface area contributed by atoms with Gasteiger partial charge in [-0.25, -0.2) is 17.8 Å². The summed E-state index contributed by atoms with van der Waals surface area (Å²) >= 11 is 0. The van der Waals surface area contributed by atoms with Gasteiger partial charge in [-0.15, -0.1) is 0 Å². The maximum atomic E-state index is 12.9. The van der Waals surface area contributed by atoms with Gasteiger partial charge in [-0.1, -0.05) is 0 Å². The van der Waals surface area contributed by atoms with Crippen molar-refractivity contribution in [3.05, 3.63) is 53.5 Å². The van der Waals surface area contributed by atoms with E-state index in [1.165, 1.54) is 12.1 Å². The van der Waals surface area contributed by atoms with E-state index in [2.05, 4.69) is 10.1 Å². The van der Waals surface area contributed by atoms with Crippen molar-refractivity contribution in [2.45, 2.75) is 9.79 Å². The summed E-state index contributed by atoms with van der Waals surface area (Å²) in [6, 6.07) is 8.21. The number of nitrogens with zero attached hydrogens (tertiary/aromatic N) is 3. The lowest BCUT2D eigenvalue weighted by Gasteiger charge is -2.05. The topological polar surface area (TPSA) is 113 Å². The summed E-state index contributed by atoms with van der Waals surface area (Å²) in [5.74, 6) is -0.754. The first-order chi connectivity index (χ1) is 10.4. The van der Waals surface area contributed by atoms with E-state index in [1.807, 2.05) is 0 Å². The molecule has 9 heteroatoms. The van der Waals surface area contributed by atoms with Gasteiger partial charge in [-0.05, 0) is 41.2 Å². The molecular formula is C13H9FN4O3S. The summed E-state index contributed by atoms with van der Waals surface area (Å²) in [6.07, 6.45) is 0. The number of nitrogen functional groups attached to an aromatic ring is 1. The molecule has 0 bridgehead atoms. The number of fused-ring (bicyclic) bond motifs is 1. The molecule has 3 rings (SSSR count). The number of hydrogen-bond acceptors (Lipinski definition) is 6. The van der Waals surface area contributed by atoms with Gasteiger partial charge in [0.15, 0.2) is 0 Å². The highest BCUT2D eigenvalue weighted by molar-refractivity contribution is 7.91. The Kier molecular flexibility index (Phi) is 3.14. The van der Waals surface area contributed by atoms with E-state index in [0.29, 0.717) is 0 Å². The van der Waals surface area contributed by atoms with Crippen LogP contribution in [0.5, 0.6) is 0 Å². The third-order valence-corrected chi connectivity index (χ3v) is 4.78. The Balaban J connectivity index is 2.19. The molecule has 1 heterocycles. The molecule has 2 aromatic carbocycles. The van der Waals surface area contributed by atoms with Crippen molar-refractivity contribution < 1.29 is 17.7 Å². The molecule has 0 spiro atoms. The Morgan fingerprint density at radius 3 is 2.41 bits per heavy atom. The number of benzene rings is 2. The number of halogens is 1. The molecule has 0 saturated heterocycles. The lowest BCUT2D eigenvalue weighted by molar-refractivity contribution is -0.641. The molecule has 0 radical (unpaired) electrons. The van der Waals surface area contributed by atoms with Crippen molar-refractivity contribution in [2.75, 3.05) is 5.73 Å². The number of sulfone groups is 1. The number of hydrogen-bond donors (Lipinski definition) is 1. The Bertz CT molecular complexity index is 974. The molecular weight excluding hydrogens is 311 g/mol. The van der Waals surface area contributed by atoms with Crippen LogP contribution in [0.4, 0.5) is 10.3 Å². The standard InChI is InChI=1S/C13H9FN4O3S/c14-8-1-3-9(4-2-8)22(20,21)10-5-6-11-12(7-10)18(19)17-13(15)16-11/h1-7H,(H2,15,16,17). The Labute approximate surface area is 124 Å². The number of rotatable bonds is 2. The molecule has 2 N–H and O–H groups in total. The summed E-state index contributed by atoms with van der Waals surface area (Å²) in [7, 11) is -3.88. The molecule has 7 nitrogen and oxygen atoms in total. The van der Waals surface area contributed by atoms with Crippen molar-refractivity contribution in [1.29, 1.82) is 0 Å². The maximum Gasteiger partial charge on any atom is 0.288 e. The number of aromatic nitrogens is 3. The van der Waals surface area contributed by atoms with Crippen LogP contribution >= 0.6 is 0 Å². The third-order valence-electron chi connectivity index (χ3n) is 3.02. The van der Waals surface area contributed by atoms with Gasteiger partial charge in [0.1, 0.15) is 11.3 Å². The van der Waals surface area contributed by atoms with Crippen LogP contribution in [-0.2, 0) is 9.84 Å². The van der Waals surface area contributed by atoms with E-state index in [9.17, 15) is 18.0 Å². The van der Waals surface area contributed by atoms with Crippen LogP contribution in [0.1, 0.15) is 0 Å². The number of anilines is 1. The zero-order chi connectivity index (χ0) is 15.9. The predicted octanol–water partition coefficient (Wildman–Crippen LogP) is 0.817. The van der Waals surface area contributed by atoms with Crippen molar-refractivity contribution in [3.8, 4) is 0 Å². The van der Waals surface area contributed by atoms with Gasteiger partial charge in [0.05, 0.1) is 14.9 Å². The second-order valence-corrected chi connectivity index (χ2v) is 6.40. The van der Waals surface area contributed by atoms with E-state index < -0.39 is 15.7 Å². The first-order valence-electron chi connectivity index (χ1n) is 6.06. The fourth-order valence-electron chi connectivity index (χ4n) is 1.96. The van der Waals surface area contributed by atoms with Gasteiger partial charge in [0.25, 0.3) is 11.5 Å². The minimum atomic E-state index is -3.88. The van der Waals surface area contributed by atoms with Crippen LogP contribution in [-0.4, -0.2) is 18.5 Å². The van der Waals surface area contributed by atoms with Gasteiger partial charge >= 0.3 is 0 Å². The van der Waals surface area contributed by atoms with E-state index in [1.54, 1.807) is 0 Å². The quantitative estimate of drug-likeness (QED) is 0.425. The van der Waals surface area contributed by atoms with Crippen molar-refractivity contribution in [3.63, 3.8) is 0 Å². The van der Waals surface area contributed by atoms with Crippen molar-refractivity contribution >= 4 is 26.8 Å². The molecule has 3 aromatic rings. The van der Waals surface area contributed by atoms with Gasteiger partial charge in [0.2, 0.25) is 9.84 Å². The summed E-state index contributed by atoms with van der Waals surface area (Å²) in [4.78, 5) is 3.85. The largest absolute Gasteiger partial charge is 0.594 e. The molecule has 0 fully saturated rings. The van der Waals surface area contributed by atoms with Crippen LogP contribution in [0.25, 0.3) is 11.0 Å². The van der Waals surface area contributed by atoms with E-state index >= 15 is 0 Å². The fourth-order valence-corrected chi connectivity index (χ4v) is 3.24. The van der Waals surface area contributed by atoms with E-state index in [4.69, 9.17) is 5.73 Å². The molecule has 0 aliphatic heterocycles. The zero-order valence-electron chi connectivity index (χ0n) is 11.0. The molecule has 22 heavy (non-hydrogen) atoms. The van der Waals surface area contributed by atoms with E-state index in [0.717, 1.165) is 30.3 Å². The second kappa shape index (κ2) is 4.88. The lowest BCUT2D eigenvalue weighted by atomic mass is 10.3. The molecule has 0 aliphatic rings. The van der Waals surface area contributed by atoms with Crippen molar-refractivity contribution in [2.24, 2.45) is 0 Å². The minimum Gasteiger partial charge on any atom is -0.594 e. The first-order valence-corrected chi connectivity index (χ1v) is 7.54. The van der Waals surface area contributed by atoms with Crippen LogP contribution in [0.2, 0.25) is 0 Å². The van der Waals surface area contributed by atoms with Gasteiger partial charge in [-0.3, -0.25) is 0 Å². The lowest BCUT2D eigenvalue weighted by Crippen LogP contribution is -2.33. The smallest absolute Gasteiger partial charge is 0.288 e. The molecule has 0 unspecified atom stereocenters. The average Bonchev–Trinajstić information content (AvgIpc) is 2.47. The summed E-state index contributed by atoms with van der Waals surface area (Å²) < 4.78 is 37.8. The SMILES string of the molecule is Nc1nc2ccc(S(=O)(=O)c3ccc(F)cc3)cc2[n+]([O-])n1. The summed E-state index contributed by atoms with van der Waals surface area (Å²) in [5.41, 5.74) is 5.55. The molecule has 0 saturated carbocycles. The van der Waals surface area contributed by atoms with Crippen molar-refractivity contribution in [1.82, 2.24) is 10.1 Å². The summed E-state index contributed by atoms with van der Waals surface area (Å²) in [6.45, 7) is 0. The average molecular weight is 320 g/mol. The van der Waals surface area contributed by atoms with E-state index in [-0.39, 0.29) is 31.6 Å². The Morgan fingerprint density at radius 2 is 1.73 bits per heavy atom. The molecule has 112 valence electrons. The highest BCUT2D eigenvalue weighted by atomic mass is 32.2. The Hall–Kier alpha value is -2.81. The maximum absolute atomic E-state index is 12.9. The highest BCUT2D eigenvalue weighted by Gasteiger charge is 2.21. The van der Waals surface area contributed by atoms with Crippen LogP contribution in [0.3, 0.4) is 0 Å². The normalized spacial score (nSPS) is 11.7. The van der Waals surface area contributed by atoms with Gasteiger partial charge in [0, 0.05) is 6.07 Å².